The third-order valence-corrected chi connectivity index (χ3v) is 5.14. The van der Waals surface area contributed by atoms with Gasteiger partial charge in [-0.2, -0.15) is 0 Å². The number of hydrogen-bond acceptors (Lipinski definition) is 2. The number of hydrogen-bond donors (Lipinski definition) is 1. The normalized spacial score (nSPS) is 21.3. The van der Waals surface area contributed by atoms with Gasteiger partial charge in [-0.25, -0.2) is 4.79 Å². The second-order valence-electron chi connectivity index (χ2n) is 7.19. The van der Waals surface area contributed by atoms with Crippen molar-refractivity contribution < 1.29 is 14.7 Å². The molecule has 1 rings (SSSR count). The van der Waals surface area contributed by atoms with Gasteiger partial charge in [-0.3, -0.25) is 4.79 Å². The lowest BCUT2D eigenvalue weighted by Crippen LogP contribution is -2.52. The standard InChI is InChI=1S/C16H30N2O3/c1-11(2)12(3)17(6)15(21)18-9-7-8-13(10-18)16(4,5)14(19)20/h11-13H,7-10H2,1-6H3,(H,19,20). The number of carbonyl (C=O) groups is 2. The molecule has 5 heteroatoms. The van der Waals surface area contributed by atoms with Crippen molar-refractivity contribution in [1.82, 2.24) is 9.80 Å². The van der Waals surface area contributed by atoms with Crippen LogP contribution in [0.2, 0.25) is 0 Å². The van der Waals surface area contributed by atoms with Crippen LogP contribution in [0.3, 0.4) is 0 Å². The van der Waals surface area contributed by atoms with Crippen molar-refractivity contribution >= 4 is 12.0 Å². The Hall–Kier alpha value is -1.26. The van der Waals surface area contributed by atoms with Crippen molar-refractivity contribution in [2.45, 2.75) is 53.5 Å². The minimum absolute atomic E-state index is 0.00968. The highest BCUT2D eigenvalue weighted by molar-refractivity contribution is 5.76. The fourth-order valence-corrected chi connectivity index (χ4v) is 2.76. The van der Waals surface area contributed by atoms with E-state index < -0.39 is 11.4 Å². The van der Waals surface area contributed by atoms with E-state index in [-0.39, 0.29) is 18.0 Å². The number of urea groups is 1. The summed E-state index contributed by atoms with van der Waals surface area (Å²) in [6.45, 7) is 11.0. The molecular formula is C16H30N2O3. The summed E-state index contributed by atoms with van der Waals surface area (Å²) in [5.41, 5.74) is -0.790. The van der Waals surface area contributed by atoms with Gasteiger partial charge in [0.2, 0.25) is 0 Å². The van der Waals surface area contributed by atoms with Crippen LogP contribution < -0.4 is 0 Å². The zero-order valence-corrected chi connectivity index (χ0v) is 14.2. The molecular weight excluding hydrogens is 268 g/mol. The summed E-state index contributed by atoms with van der Waals surface area (Å²) in [7, 11) is 1.83. The van der Waals surface area contributed by atoms with Gasteiger partial charge in [-0.1, -0.05) is 13.8 Å². The SMILES string of the molecule is CC(C)C(C)N(C)C(=O)N1CCCC(C(C)(C)C(=O)O)C1. The molecule has 1 N–H and O–H groups in total. The van der Waals surface area contributed by atoms with Crippen LogP contribution in [-0.2, 0) is 4.79 Å². The summed E-state index contributed by atoms with van der Waals surface area (Å²) in [5.74, 6) is -0.379. The topological polar surface area (TPSA) is 60.9 Å². The number of nitrogens with zero attached hydrogens (tertiary/aromatic N) is 2. The average Bonchev–Trinajstić information content (AvgIpc) is 2.44. The van der Waals surface area contributed by atoms with Gasteiger partial charge in [0.25, 0.3) is 0 Å². The zero-order valence-electron chi connectivity index (χ0n) is 14.2. The van der Waals surface area contributed by atoms with E-state index in [0.717, 1.165) is 19.4 Å². The molecule has 0 spiro atoms. The third kappa shape index (κ3) is 3.89. The lowest BCUT2D eigenvalue weighted by molar-refractivity contribution is -0.151. The fourth-order valence-electron chi connectivity index (χ4n) is 2.76. The maximum atomic E-state index is 12.6. The summed E-state index contributed by atoms with van der Waals surface area (Å²) in [6.07, 6.45) is 1.74. The van der Waals surface area contributed by atoms with E-state index in [4.69, 9.17) is 0 Å². The Morgan fingerprint density at radius 1 is 1.29 bits per heavy atom. The second-order valence-corrected chi connectivity index (χ2v) is 7.19. The van der Waals surface area contributed by atoms with E-state index in [1.807, 2.05) is 18.9 Å². The maximum absolute atomic E-state index is 12.6. The van der Waals surface area contributed by atoms with Gasteiger partial charge in [0.05, 0.1) is 5.41 Å². The first kappa shape index (κ1) is 17.8. The van der Waals surface area contributed by atoms with Crippen molar-refractivity contribution in [3.8, 4) is 0 Å². The second kappa shape index (κ2) is 6.67. The highest BCUT2D eigenvalue weighted by Crippen LogP contribution is 2.34. The maximum Gasteiger partial charge on any atom is 0.319 e. The minimum atomic E-state index is -0.790. The number of amides is 2. The van der Waals surface area contributed by atoms with Crippen LogP contribution >= 0.6 is 0 Å². The summed E-state index contributed by atoms with van der Waals surface area (Å²) >= 11 is 0. The van der Waals surface area contributed by atoms with Crippen molar-refractivity contribution in [2.75, 3.05) is 20.1 Å². The molecule has 0 bridgehead atoms. The lowest BCUT2D eigenvalue weighted by atomic mass is 9.74. The first-order valence-corrected chi connectivity index (χ1v) is 7.84. The molecule has 0 aromatic heterocycles. The number of carboxylic acid groups (broad SMARTS) is 1. The zero-order chi connectivity index (χ0) is 16.4. The summed E-state index contributed by atoms with van der Waals surface area (Å²) < 4.78 is 0. The Kier molecular flexibility index (Phi) is 5.65. The van der Waals surface area contributed by atoms with E-state index in [2.05, 4.69) is 13.8 Å². The minimum Gasteiger partial charge on any atom is -0.481 e. The third-order valence-electron chi connectivity index (χ3n) is 5.14. The first-order valence-electron chi connectivity index (χ1n) is 7.84. The molecule has 1 aliphatic heterocycles. The van der Waals surface area contributed by atoms with E-state index in [1.165, 1.54) is 0 Å². The van der Waals surface area contributed by atoms with Crippen molar-refractivity contribution in [1.29, 1.82) is 0 Å². The highest BCUT2D eigenvalue weighted by atomic mass is 16.4. The summed E-state index contributed by atoms with van der Waals surface area (Å²) in [6, 6.07) is 0.187. The molecule has 1 fully saturated rings. The Balaban J connectivity index is 2.77. The Bertz CT molecular complexity index is 393. The molecule has 1 saturated heterocycles. The molecule has 122 valence electrons. The molecule has 0 radical (unpaired) electrons. The van der Waals surface area contributed by atoms with E-state index in [0.29, 0.717) is 12.5 Å². The molecule has 0 aromatic carbocycles. The molecule has 2 unspecified atom stereocenters. The lowest BCUT2D eigenvalue weighted by Gasteiger charge is -2.41. The molecule has 2 atom stereocenters. The monoisotopic (exact) mass is 298 g/mol. The predicted molar refractivity (Wildman–Crippen MR) is 83.2 cm³/mol. The molecule has 1 aliphatic rings. The number of piperidine rings is 1. The molecule has 0 saturated carbocycles. The van der Waals surface area contributed by atoms with E-state index >= 15 is 0 Å². The van der Waals surface area contributed by atoms with Crippen molar-refractivity contribution in [3.05, 3.63) is 0 Å². The van der Waals surface area contributed by atoms with Gasteiger partial charge in [-0.15, -0.1) is 0 Å². The van der Waals surface area contributed by atoms with Gasteiger partial charge in [0.1, 0.15) is 0 Å². The average molecular weight is 298 g/mol. The van der Waals surface area contributed by atoms with Crippen LogP contribution in [0.5, 0.6) is 0 Å². The summed E-state index contributed by atoms with van der Waals surface area (Å²) in [5, 5.41) is 9.37. The van der Waals surface area contributed by atoms with Crippen molar-refractivity contribution in [3.63, 3.8) is 0 Å². The molecule has 21 heavy (non-hydrogen) atoms. The molecule has 5 nitrogen and oxygen atoms in total. The number of likely N-dealkylation sites (tertiary alicyclic amines) is 1. The fraction of sp³-hybridized carbons (Fsp3) is 0.875. The quantitative estimate of drug-likeness (QED) is 0.868. The largest absolute Gasteiger partial charge is 0.481 e. The Morgan fingerprint density at radius 3 is 2.33 bits per heavy atom. The molecule has 1 heterocycles. The number of aliphatic carboxylic acids is 1. The van der Waals surface area contributed by atoms with E-state index in [1.54, 1.807) is 18.7 Å². The Labute approximate surface area is 128 Å². The number of carboxylic acids is 1. The van der Waals surface area contributed by atoms with E-state index in [9.17, 15) is 14.7 Å². The highest BCUT2D eigenvalue weighted by Gasteiger charge is 2.40. The van der Waals surface area contributed by atoms with Crippen LogP contribution in [0.4, 0.5) is 4.79 Å². The molecule has 0 aliphatic carbocycles. The predicted octanol–water partition coefficient (Wildman–Crippen LogP) is 2.91. The molecule has 2 amide bonds. The van der Waals surface area contributed by atoms with Gasteiger partial charge in [-0.05, 0) is 45.4 Å². The van der Waals surface area contributed by atoms with Gasteiger partial charge >= 0.3 is 12.0 Å². The van der Waals surface area contributed by atoms with Gasteiger partial charge < -0.3 is 14.9 Å². The summed E-state index contributed by atoms with van der Waals surface area (Å²) in [4.78, 5) is 27.6. The van der Waals surface area contributed by atoms with Crippen LogP contribution in [-0.4, -0.2) is 53.1 Å². The van der Waals surface area contributed by atoms with Crippen molar-refractivity contribution in [2.24, 2.45) is 17.3 Å². The number of rotatable bonds is 4. The Morgan fingerprint density at radius 2 is 1.86 bits per heavy atom. The van der Waals surface area contributed by atoms with Crippen LogP contribution in [0.15, 0.2) is 0 Å². The van der Waals surface area contributed by atoms with Crippen LogP contribution in [0, 0.1) is 17.3 Å². The van der Waals surface area contributed by atoms with Gasteiger partial charge in [0, 0.05) is 26.2 Å². The smallest absolute Gasteiger partial charge is 0.319 e. The molecule has 0 aromatic rings. The van der Waals surface area contributed by atoms with Crippen LogP contribution in [0.1, 0.15) is 47.5 Å². The van der Waals surface area contributed by atoms with Gasteiger partial charge in [0.15, 0.2) is 0 Å². The first-order chi connectivity index (χ1) is 9.59. The number of carbonyl (C=O) groups excluding carboxylic acids is 1. The van der Waals surface area contributed by atoms with Crippen LogP contribution in [0.25, 0.3) is 0 Å².